The van der Waals surface area contributed by atoms with Gasteiger partial charge in [-0.2, -0.15) is 0 Å². The van der Waals surface area contributed by atoms with Crippen LogP contribution in [0.5, 0.6) is 5.75 Å². The fourth-order valence-corrected chi connectivity index (χ4v) is 2.26. The number of hydrogen-bond acceptors (Lipinski definition) is 3. The molecular weight excluding hydrogens is 323 g/mol. The van der Waals surface area contributed by atoms with E-state index in [1.807, 2.05) is 6.92 Å². The maximum atomic E-state index is 13.2. The maximum Gasteiger partial charge on any atom is 0.251 e. The zero-order valence-electron chi connectivity index (χ0n) is 14.3. The van der Waals surface area contributed by atoms with E-state index in [1.165, 1.54) is 17.0 Å². The zero-order valence-corrected chi connectivity index (χ0v) is 14.3. The average Bonchev–Trinajstić information content (AvgIpc) is 2.60. The molecule has 0 aliphatic heterocycles. The first kappa shape index (κ1) is 18.4. The topological polar surface area (TPSA) is 58.6 Å². The van der Waals surface area contributed by atoms with Crippen LogP contribution in [0.25, 0.3) is 0 Å². The highest BCUT2D eigenvalue weighted by molar-refractivity contribution is 5.96. The average molecular weight is 344 g/mol. The molecule has 0 saturated carbocycles. The molecule has 0 atom stereocenters. The number of halogens is 1. The minimum atomic E-state index is -0.345. The fraction of sp³-hybridized carbons (Fsp3) is 0.263. The molecule has 132 valence electrons. The fourth-order valence-electron chi connectivity index (χ4n) is 2.26. The third-order valence-corrected chi connectivity index (χ3v) is 3.56. The molecule has 2 rings (SSSR count). The summed E-state index contributed by atoms with van der Waals surface area (Å²) in [5, 5.41) is 2.58. The van der Waals surface area contributed by atoms with E-state index in [2.05, 4.69) is 5.32 Å². The summed E-state index contributed by atoms with van der Waals surface area (Å²) in [7, 11) is 1.61. The van der Waals surface area contributed by atoms with E-state index in [-0.39, 0.29) is 30.7 Å². The van der Waals surface area contributed by atoms with Crippen LogP contribution in [0.3, 0.4) is 0 Å². The molecule has 2 aromatic carbocycles. The number of rotatable bonds is 7. The molecule has 1 N–H and O–H groups in total. The summed E-state index contributed by atoms with van der Waals surface area (Å²) >= 11 is 0. The van der Waals surface area contributed by atoms with Crippen molar-refractivity contribution in [2.45, 2.75) is 13.5 Å². The molecule has 0 saturated heterocycles. The van der Waals surface area contributed by atoms with Crippen molar-refractivity contribution in [1.29, 1.82) is 0 Å². The lowest BCUT2D eigenvalue weighted by atomic mass is 10.2. The molecule has 0 heterocycles. The number of hydrogen-bond donors (Lipinski definition) is 1. The molecular formula is C19H21FN2O3. The van der Waals surface area contributed by atoms with Gasteiger partial charge in [-0.25, -0.2) is 4.39 Å². The minimum absolute atomic E-state index is 0.127. The number of likely N-dealkylation sites (N-methyl/N-ethyl adjacent to an activating group) is 1. The Morgan fingerprint density at radius 3 is 2.52 bits per heavy atom. The number of amides is 2. The summed E-state index contributed by atoms with van der Waals surface area (Å²) in [6.07, 6.45) is 0. The van der Waals surface area contributed by atoms with E-state index >= 15 is 0 Å². The van der Waals surface area contributed by atoms with Crippen LogP contribution in [0.1, 0.15) is 22.8 Å². The Balaban J connectivity index is 1.84. The van der Waals surface area contributed by atoms with Crippen molar-refractivity contribution in [3.63, 3.8) is 0 Å². The molecule has 6 heteroatoms. The SMILES string of the molecule is CCOc1ccc(C(=O)NCC(=O)N(C)Cc2cccc(F)c2)cc1. The summed E-state index contributed by atoms with van der Waals surface area (Å²) in [5.41, 5.74) is 1.14. The highest BCUT2D eigenvalue weighted by Gasteiger charge is 2.12. The predicted octanol–water partition coefficient (Wildman–Crippen LogP) is 2.61. The molecule has 25 heavy (non-hydrogen) atoms. The highest BCUT2D eigenvalue weighted by atomic mass is 19.1. The third kappa shape index (κ3) is 5.60. The lowest BCUT2D eigenvalue weighted by Gasteiger charge is -2.17. The second-order valence-electron chi connectivity index (χ2n) is 5.52. The van der Waals surface area contributed by atoms with Gasteiger partial charge in [0, 0.05) is 19.2 Å². The molecule has 5 nitrogen and oxygen atoms in total. The lowest BCUT2D eigenvalue weighted by molar-refractivity contribution is -0.129. The van der Waals surface area contributed by atoms with E-state index in [0.717, 1.165) is 0 Å². The first-order valence-electron chi connectivity index (χ1n) is 7.99. The van der Waals surface area contributed by atoms with Gasteiger partial charge in [-0.3, -0.25) is 9.59 Å². The Bertz CT molecular complexity index is 732. The normalized spacial score (nSPS) is 10.2. The van der Waals surface area contributed by atoms with E-state index in [1.54, 1.807) is 43.4 Å². The molecule has 0 aliphatic carbocycles. The first-order valence-corrected chi connectivity index (χ1v) is 7.99. The van der Waals surface area contributed by atoms with Crippen LogP contribution in [0.4, 0.5) is 4.39 Å². The van der Waals surface area contributed by atoms with Gasteiger partial charge in [0.15, 0.2) is 0 Å². The number of nitrogens with zero attached hydrogens (tertiary/aromatic N) is 1. The molecule has 0 aliphatic rings. The molecule has 0 spiro atoms. The molecule has 2 aromatic rings. The highest BCUT2D eigenvalue weighted by Crippen LogP contribution is 2.12. The van der Waals surface area contributed by atoms with Gasteiger partial charge in [0.2, 0.25) is 5.91 Å². The van der Waals surface area contributed by atoms with Gasteiger partial charge < -0.3 is 15.0 Å². The van der Waals surface area contributed by atoms with Crippen molar-refractivity contribution < 1.29 is 18.7 Å². The molecule has 0 aromatic heterocycles. The Kier molecular flexibility index (Phi) is 6.51. The van der Waals surface area contributed by atoms with Crippen molar-refractivity contribution in [2.24, 2.45) is 0 Å². The predicted molar refractivity (Wildman–Crippen MR) is 92.8 cm³/mol. The third-order valence-electron chi connectivity index (χ3n) is 3.56. The second kappa shape index (κ2) is 8.82. The monoisotopic (exact) mass is 344 g/mol. The van der Waals surface area contributed by atoms with Crippen molar-refractivity contribution in [1.82, 2.24) is 10.2 Å². The van der Waals surface area contributed by atoms with Crippen LogP contribution in [-0.4, -0.2) is 36.9 Å². The van der Waals surface area contributed by atoms with Gasteiger partial charge >= 0.3 is 0 Å². The number of benzene rings is 2. The first-order chi connectivity index (χ1) is 12.0. The second-order valence-corrected chi connectivity index (χ2v) is 5.52. The number of nitrogens with one attached hydrogen (secondary N) is 1. The van der Waals surface area contributed by atoms with Crippen LogP contribution in [-0.2, 0) is 11.3 Å². The van der Waals surface area contributed by atoms with Gasteiger partial charge in [-0.1, -0.05) is 12.1 Å². The van der Waals surface area contributed by atoms with Crippen LogP contribution < -0.4 is 10.1 Å². The van der Waals surface area contributed by atoms with Crippen molar-refractivity contribution in [2.75, 3.05) is 20.2 Å². The van der Waals surface area contributed by atoms with Crippen LogP contribution in [0, 0.1) is 5.82 Å². The molecule has 2 amide bonds. The Labute approximate surface area is 146 Å². The summed E-state index contributed by atoms with van der Waals surface area (Å²) < 4.78 is 18.5. The van der Waals surface area contributed by atoms with Gasteiger partial charge in [-0.15, -0.1) is 0 Å². The van der Waals surface area contributed by atoms with E-state index in [9.17, 15) is 14.0 Å². The lowest BCUT2D eigenvalue weighted by Crippen LogP contribution is -2.37. The van der Waals surface area contributed by atoms with Crippen molar-refractivity contribution in [3.8, 4) is 5.75 Å². The van der Waals surface area contributed by atoms with Crippen LogP contribution >= 0.6 is 0 Å². The van der Waals surface area contributed by atoms with E-state index < -0.39 is 0 Å². The molecule has 0 unspecified atom stereocenters. The van der Waals surface area contributed by atoms with Crippen molar-refractivity contribution >= 4 is 11.8 Å². The van der Waals surface area contributed by atoms with Gasteiger partial charge in [0.1, 0.15) is 11.6 Å². The summed E-state index contributed by atoms with van der Waals surface area (Å²) in [6.45, 7) is 2.58. The molecule has 0 radical (unpaired) electrons. The summed E-state index contributed by atoms with van der Waals surface area (Å²) in [4.78, 5) is 25.6. The Hall–Kier alpha value is -2.89. The molecule has 0 fully saturated rings. The number of ether oxygens (including phenoxy) is 1. The van der Waals surface area contributed by atoms with Gasteiger partial charge in [0.25, 0.3) is 5.91 Å². The minimum Gasteiger partial charge on any atom is -0.494 e. The van der Waals surface area contributed by atoms with Gasteiger partial charge in [0.05, 0.1) is 13.2 Å². The van der Waals surface area contributed by atoms with Crippen molar-refractivity contribution in [3.05, 3.63) is 65.5 Å². The van der Waals surface area contributed by atoms with Crippen LogP contribution in [0.2, 0.25) is 0 Å². The maximum absolute atomic E-state index is 13.2. The Morgan fingerprint density at radius 1 is 1.16 bits per heavy atom. The van der Waals surface area contributed by atoms with Crippen LogP contribution in [0.15, 0.2) is 48.5 Å². The number of carbonyl (C=O) groups excluding carboxylic acids is 2. The van der Waals surface area contributed by atoms with Gasteiger partial charge in [-0.05, 0) is 48.9 Å². The number of carbonyl (C=O) groups is 2. The van der Waals surface area contributed by atoms with E-state index in [4.69, 9.17) is 4.74 Å². The molecule has 0 bridgehead atoms. The summed E-state index contributed by atoms with van der Waals surface area (Å²) in [6, 6.07) is 12.8. The Morgan fingerprint density at radius 2 is 1.88 bits per heavy atom. The smallest absolute Gasteiger partial charge is 0.251 e. The standard InChI is InChI=1S/C19H21FN2O3/c1-3-25-17-9-7-15(8-10-17)19(24)21-12-18(23)22(2)13-14-5-4-6-16(20)11-14/h4-11H,3,12-13H2,1-2H3,(H,21,24). The summed E-state index contributed by atoms with van der Waals surface area (Å²) in [5.74, 6) is -0.258. The quantitative estimate of drug-likeness (QED) is 0.840. The largest absolute Gasteiger partial charge is 0.494 e. The van der Waals surface area contributed by atoms with E-state index in [0.29, 0.717) is 23.5 Å². The zero-order chi connectivity index (χ0) is 18.2.